The van der Waals surface area contributed by atoms with Crippen molar-refractivity contribution in [2.75, 3.05) is 7.11 Å². The predicted octanol–water partition coefficient (Wildman–Crippen LogP) is 4.54. The van der Waals surface area contributed by atoms with Gasteiger partial charge in [0.05, 0.1) is 13.7 Å². The Labute approximate surface area is 150 Å². The first-order chi connectivity index (χ1) is 11.8. The van der Waals surface area contributed by atoms with Crippen LogP contribution < -0.4 is 9.30 Å². The third-order valence-electron chi connectivity index (χ3n) is 4.65. The molecule has 0 saturated carbocycles. The standard InChI is InChI=1S/C20H20BrN2O/c1-24-18-11-5-15(6-12-18)19-14-23(17-9-7-16(21)8-10-17)20-4-2-3-13-22(19)20/h5-12,14H,2-4,13H2,1H3/q+1. The van der Waals surface area contributed by atoms with Crippen molar-refractivity contribution in [1.29, 1.82) is 0 Å². The normalized spacial score (nSPS) is 13.6. The molecule has 3 nitrogen and oxygen atoms in total. The molecule has 2 aromatic carbocycles. The Morgan fingerprint density at radius 3 is 2.46 bits per heavy atom. The number of fused-ring (bicyclic) bond motifs is 1. The molecule has 0 bridgehead atoms. The summed E-state index contributed by atoms with van der Waals surface area (Å²) >= 11 is 3.52. The third-order valence-corrected chi connectivity index (χ3v) is 5.18. The lowest BCUT2D eigenvalue weighted by atomic mass is 10.1. The maximum atomic E-state index is 5.29. The summed E-state index contributed by atoms with van der Waals surface area (Å²) in [6, 6.07) is 16.9. The van der Waals surface area contributed by atoms with Gasteiger partial charge in [-0.2, -0.15) is 4.57 Å². The van der Waals surface area contributed by atoms with Crippen molar-refractivity contribution in [3.8, 4) is 22.7 Å². The van der Waals surface area contributed by atoms with Gasteiger partial charge in [-0.1, -0.05) is 15.9 Å². The van der Waals surface area contributed by atoms with E-state index in [1.807, 2.05) is 12.1 Å². The van der Waals surface area contributed by atoms with E-state index in [4.69, 9.17) is 4.74 Å². The number of imidazole rings is 1. The number of halogens is 1. The van der Waals surface area contributed by atoms with Gasteiger partial charge in [-0.3, -0.25) is 0 Å². The lowest BCUT2D eigenvalue weighted by molar-refractivity contribution is -0.698. The quantitative estimate of drug-likeness (QED) is 0.607. The van der Waals surface area contributed by atoms with Gasteiger partial charge in [-0.15, -0.1) is 0 Å². The smallest absolute Gasteiger partial charge is 0.262 e. The topological polar surface area (TPSA) is 18.0 Å². The van der Waals surface area contributed by atoms with Crippen molar-refractivity contribution in [3.05, 3.63) is 65.0 Å². The minimum atomic E-state index is 0.893. The second-order valence-corrected chi connectivity index (χ2v) is 7.03. The molecule has 0 radical (unpaired) electrons. The van der Waals surface area contributed by atoms with Gasteiger partial charge < -0.3 is 4.74 Å². The molecule has 0 saturated heterocycles. The number of methoxy groups -OCH3 is 1. The fraction of sp³-hybridized carbons (Fsp3) is 0.250. The molecule has 3 aromatic rings. The van der Waals surface area contributed by atoms with Crippen molar-refractivity contribution in [3.63, 3.8) is 0 Å². The van der Waals surface area contributed by atoms with Crippen LogP contribution in [0.15, 0.2) is 59.2 Å². The predicted molar refractivity (Wildman–Crippen MR) is 98.6 cm³/mol. The molecule has 0 N–H and O–H groups in total. The Morgan fingerprint density at radius 1 is 1.00 bits per heavy atom. The van der Waals surface area contributed by atoms with E-state index in [1.165, 1.54) is 35.6 Å². The molecule has 0 atom stereocenters. The largest absolute Gasteiger partial charge is 0.497 e. The van der Waals surface area contributed by atoms with Crippen LogP contribution in [-0.4, -0.2) is 11.7 Å². The highest BCUT2D eigenvalue weighted by atomic mass is 79.9. The number of ether oxygens (including phenoxy) is 1. The Hall–Kier alpha value is -2.07. The average molecular weight is 384 g/mol. The zero-order chi connectivity index (χ0) is 16.5. The van der Waals surface area contributed by atoms with E-state index in [-0.39, 0.29) is 0 Å². The van der Waals surface area contributed by atoms with Crippen molar-refractivity contribution in [2.45, 2.75) is 25.8 Å². The van der Waals surface area contributed by atoms with Crippen molar-refractivity contribution >= 4 is 15.9 Å². The highest BCUT2D eigenvalue weighted by molar-refractivity contribution is 9.10. The number of hydrogen-bond donors (Lipinski definition) is 0. The van der Waals surface area contributed by atoms with Crippen LogP contribution in [0.1, 0.15) is 18.7 Å². The van der Waals surface area contributed by atoms with E-state index in [9.17, 15) is 0 Å². The minimum absolute atomic E-state index is 0.893. The van der Waals surface area contributed by atoms with Crippen LogP contribution in [0.25, 0.3) is 16.9 Å². The van der Waals surface area contributed by atoms with Crippen LogP contribution in [0.5, 0.6) is 5.75 Å². The SMILES string of the molecule is COc1ccc(-c2cn(-c3ccc(Br)cc3)c3[n+]2CCCC3)cc1. The maximum Gasteiger partial charge on any atom is 0.262 e. The van der Waals surface area contributed by atoms with E-state index < -0.39 is 0 Å². The van der Waals surface area contributed by atoms with Crippen LogP contribution in [0.3, 0.4) is 0 Å². The molecule has 1 aliphatic rings. The molecule has 0 unspecified atom stereocenters. The van der Waals surface area contributed by atoms with Crippen LogP contribution in [0.4, 0.5) is 0 Å². The van der Waals surface area contributed by atoms with Crippen LogP contribution in [0.2, 0.25) is 0 Å². The van der Waals surface area contributed by atoms with E-state index in [0.29, 0.717) is 0 Å². The summed E-state index contributed by atoms with van der Waals surface area (Å²) in [5.74, 6) is 2.28. The number of benzene rings is 2. The second kappa shape index (κ2) is 6.44. The summed E-state index contributed by atoms with van der Waals surface area (Å²) in [6.45, 7) is 1.08. The molecule has 0 spiro atoms. The van der Waals surface area contributed by atoms with Crippen molar-refractivity contribution in [1.82, 2.24) is 4.57 Å². The molecule has 0 amide bonds. The van der Waals surface area contributed by atoms with Gasteiger partial charge in [0.1, 0.15) is 17.6 Å². The van der Waals surface area contributed by atoms with Crippen molar-refractivity contribution < 1.29 is 9.30 Å². The van der Waals surface area contributed by atoms with Crippen LogP contribution >= 0.6 is 15.9 Å². The maximum absolute atomic E-state index is 5.29. The van der Waals surface area contributed by atoms with Gasteiger partial charge in [-0.05, 0) is 61.4 Å². The lowest BCUT2D eigenvalue weighted by Gasteiger charge is -2.11. The first-order valence-electron chi connectivity index (χ1n) is 8.31. The fourth-order valence-corrected chi connectivity index (χ4v) is 3.68. The van der Waals surface area contributed by atoms with Crippen molar-refractivity contribution in [2.24, 2.45) is 0 Å². The summed E-state index contributed by atoms with van der Waals surface area (Å²) in [5.41, 5.74) is 3.72. The number of rotatable bonds is 3. The van der Waals surface area contributed by atoms with Gasteiger partial charge in [0.15, 0.2) is 5.69 Å². The molecule has 2 heterocycles. The van der Waals surface area contributed by atoms with E-state index in [0.717, 1.165) is 23.2 Å². The average Bonchev–Trinajstić information content (AvgIpc) is 3.02. The van der Waals surface area contributed by atoms with Crippen LogP contribution in [-0.2, 0) is 13.0 Å². The summed E-state index contributed by atoms with van der Waals surface area (Å²) in [6.07, 6.45) is 5.88. The Balaban J connectivity index is 1.84. The van der Waals surface area contributed by atoms with Gasteiger partial charge >= 0.3 is 0 Å². The molecule has 4 heteroatoms. The second-order valence-electron chi connectivity index (χ2n) is 6.11. The summed E-state index contributed by atoms with van der Waals surface area (Å²) in [4.78, 5) is 0. The Morgan fingerprint density at radius 2 is 1.75 bits per heavy atom. The zero-order valence-electron chi connectivity index (χ0n) is 13.7. The molecule has 122 valence electrons. The van der Waals surface area contributed by atoms with Gasteiger partial charge in [0.2, 0.25) is 0 Å². The molecule has 24 heavy (non-hydrogen) atoms. The molecular weight excluding hydrogens is 364 g/mol. The highest BCUT2D eigenvalue weighted by Gasteiger charge is 2.27. The van der Waals surface area contributed by atoms with E-state index >= 15 is 0 Å². The summed E-state index contributed by atoms with van der Waals surface area (Å²) < 4.78 is 11.2. The summed E-state index contributed by atoms with van der Waals surface area (Å²) in [5, 5.41) is 0. The number of hydrogen-bond acceptors (Lipinski definition) is 1. The van der Waals surface area contributed by atoms with Crippen LogP contribution in [0, 0.1) is 0 Å². The molecule has 0 aliphatic carbocycles. The zero-order valence-corrected chi connectivity index (χ0v) is 15.3. The first-order valence-corrected chi connectivity index (χ1v) is 9.10. The van der Waals surface area contributed by atoms with Gasteiger partial charge in [-0.25, -0.2) is 4.57 Å². The first kappa shape index (κ1) is 15.5. The molecule has 1 aliphatic heterocycles. The molecule has 1 aromatic heterocycles. The lowest BCUT2D eigenvalue weighted by Crippen LogP contribution is -2.42. The number of nitrogens with zero attached hydrogens (tertiary/aromatic N) is 2. The molecular formula is C20H20BrN2O+. The Bertz CT molecular complexity index is 851. The molecule has 0 fully saturated rings. The summed E-state index contributed by atoms with van der Waals surface area (Å²) in [7, 11) is 1.70. The monoisotopic (exact) mass is 383 g/mol. The van der Waals surface area contributed by atoms with Gasteiger partial charge in [0.25, 0.3) is 5.82 Å². The van der Waals surface area contributed by atoms with E-state index in [2.05, 4.69) is 67.7 Å². The minimum Gasteiger partial charge on any atom is -0.497 e. The van der Waals surface area contributed by atoms with E-state index in [1.54, 1.807) is 7.11 Å². The Kier molecular flexibility index (Phi) is 4.15. The molecule has 4 rings (SSSR count). The highest BCUT2D eigenvalue weighted by Crippen LogP contribution is 2.25. The number of aromatic nitrogens is 2. The fourth-order valence-electron chi connectivity index (χ4n) is 3.41. The van der Waals surface area contributed by atoms with Gasteiger partial charge in [0, 0.05) is 16.5 Å². The third kappa shape index (κ3) is 2.75.